The van der Waals surface area contributed by atoms with E-state index in [1.165, 1.54) is 19.1 Å². The standard InChI is InChI=1S/C17H26N2O2S/c1-4-13(2)12-22-11-5-6-17(21)19-16-9-7-15(8-10-16)18-14(3)20/h7-10,13H,4-6,11-12H2,1-3H3,(H,18,20)(H,19,21). The average Bonchev–Trinajstić information content (AvgIpc) is 2.48. The van der Waals surface area contributed by atoms with Crippen molar-refractivity contribution >= 4 is 35.0 Å². The lowest BCUT2D eigenvalue weighted by molar-refractivity contribution is -0.116. The molecule has 0 radical (unpaired) electrons. The summed E-state index contributed by atoms with van der Waals surface area (Å²) >= 11 is 1.92. The number of rotatable bonds is 9. The van der Waals surface area contributed by atoms with Crippen molar-refractivity contribution in [2.24, 2.45) is 5.92 Å². The monoisotopic (exact) mass is 322 g/mol. The molecule has 1 unspecified atom stereocenters. The zero-order valence-corrected chi connectivity index (χ0v) is 14.5. The Morgan fingerprint density at radius 2 is 1.73 bits per heavy atom. The molecule has 0 saturated heterocycles. The van der Waals surface area contributed by atoms with E-state index >= 15 is 0 Å². The molecule has 2 amide bonds. The van der Waals surface area contributed by atoms with Crippen LogP contribution < -0.4 is 10.6 Å². The van der Waals surface area contributed by atoms with E-state index in [0.717, 1.165) is 29.5 Å². The van der Waals surface area contributed by atoms with Gasteiger partial charge in [-0.3, -0.25) is 9.59 Å². The molecule has 5 heteroatoms. The number of amides is 2. The third-order valence-corrected chi connectivity index (χ3v) is 4.66. The van der Waals surface area contributed by atoms with Gasteiger partial charge in [-0.05, 0) is 48.1 Å². The van der Waals surface area contributed by atoms with E-state index in [9.17, 15) is 9.59 Å². The molecule has 0 aromatic heterocycles. The van der Waals surface area contributed by atoms with Gasteiger partial charge in [0.15, 0.2) is 0 Å². The van der Waals surface area contributed by atoms with Crippen LogP contribution >= 0.6 is 11.8 Å². The maximum atomic E-state index is 11.8. The lowest BCUT2D eigenvalue weighted by atomic mass is 10.2. The first-order valence-corrected chi connectivity index (χ1v) is 8.92. The van der Waals surface area contributed by atoms with Crippen LogP contribution in [0.4, 0.5) is 11.4 Å². The van der Waals surface area contributed by atoms with Crippen molar-refractivity contribution < 1.29 is 9.59 Å². The minimum atomic E-state index is -0.105. The van der Waals surface area contributed by atoms with Gasteiger partial charge in [0.2, 0.25) is 11.8 Å². The van der Waals surface area contributed by atoms with Gasteiger partial charge in [-0.25, -0.2) is 0 Å². The highest BCUT2D eigenvalue weighted by atomic mass is 32.2. The molecule has 1 rings (SSSR count). The van der Waals surface area contributed by atoms with Gasteiger partial charge in [-0.1, -0.05) is 20.3 Å². The van der Waals surface area contributed by atoms with Gasteiger partial charge in [0, 0.05) is 24.7 Å². The molecule has 0 spiro atoms. The number of hydrogen-bond acceptors (Lipinski definition) is 3. The smallest absolute Gasteiger partial charge is 0.224 e. The molecule has 0 aliphatic heterocycles. The number of carbonyl (C=O) groups excluding carboxylic acids is 2. The molecular weight excluding hydrogens is 296 g/mol. The van der Waals surface area contributed by atoms with E-state index < -0.39 is 0 Å². The van der Waals surface area contributed by atoms with Crippen LogP contribution in [0.5, 0.6) is 0 Å². The average molecular weight is 322 g/mol. The van der Waals surface area contributed by atoms with Gasteiger partial charge in [0.05, 0.1) is 0 Å². The molecule has 2 N–H and O–H groups in total. The second-order valence-electron chi connectivity index (χ2n) is 5.50. The summed E-state index contributed by atoms with van der Waals surface area (Å²) < 4.78 is 0. The molecule has 0 bridgehead atoms. The van der Waals surface area contributed by atoms with Crippen molar-refractivity contribution in [2.75, 3.05) is 22.1 Å². The SMILES string of the molecule is CCC(C)CSCCCC(=O)Nc1ccc(NC(C)=O)cc1. The summed E-state index contributed by atoms with van der Waals surface area (Å²) in [5, 5.41) is 5.57. The molecule has 1 atom stereocenters. The first-order valence-electron chi connectivity index (χ1n) is 7.76. The summed E-state index contributed by atoms with van der Waals surface area (Å²) in [5.74, 6) is 2.88. The Kier molecular flexibility index (Phi) is 8.67. The Morgan fingerprint density at radius 3 is 2.27 bits per heavy atom. The zero-order chi connectivity index (χ0) is 16.4. The second kappa shape index (κ2) is 10.3. The van der Waals surface area contributed by atoms with E-state index in [4.69, 9.17) is 0 Å². The van der Waals surface area contributed by atoms with E-state index in [-0.39, 0.29) is 11.8 Å². The van der Waals surface area contributed by atoms with Crippen LogP contribution in [0.3, 0.4) is 0 Å². The lowest BCUT2D eigenvalue weighted by Gasteiger charge is -2.08. The highest BCUT2D eigenvalue weighted by molar-refractivity contribution is 7.99. The largest absolute Gasteiger partial charge is 0.326 e. The van der Waals surface area contributed by atoms with Crippen LogP contribution in [0.2, 0.25) is 0 Å². The second-order valence-corrected chi connectivity index (χ2v) is 6.65. The van der Waals surface area contributed by atoms with Crippen LogP contribution in [0, 0.1) is 5.92 Å². The quantitative estimate of drug-likeness (QED) is 0.672. The number of carbonyl (C=O) groups is 2. The molecule has 0 aliphatic rings. The van der Waals surface area contributed by atoms with Crippen LogP contribution in [0.1, 0.15) is 40.0 Å². The summed E-state index contributed by atoms with van der Waals surface area (Å²) in [6, 6.07) is 7.14. The Morgan fingerprint density at radius 1 is 1.14 bits per heavy atom. The predicted molar refractivity (Wildman–Crippen MR) is 95.4 cm³/mol. The van der Waals surface area contributed by atoms with Gasteiger partial charge >= 0.3 is 0 Å². The van der Waals surface area contributed by atoms with Crippen LogP contribution in [-0.2, 0) is 9.59 Å². The molecular formula is C17H26N2O2S. The van der Waals surface area contributed by atoms with Crippen molar-refractivity contribution in [3.8, 4) is 0 Å². The normalized spacial score (nSPS) is 11.8. The fourth-order valence-corrected chi connectivity index (χ4v) is 2.95. The minimum absolute atomic E-state index is 0.0383. The third-order valence-electron chi connectivity index (χ3n) is 3.28. The molecule has 1 aromatic carbocycles. The fraction of sp³-hybridized carbons (Fsp3) is 0.529. The van der Waals surface area contributed by atoms with E-state index in [2.05, 4.69) is 24.5 Å². The first kappa shape index (κ1) is 18.6. The van der Waals surface area contributed by atoms with Gasteiger partial charge in [-0.2, -0.15) is 11.8 Å². The number of anilines is 2. The van der Waals surface area contributed by atoms with Gasteiger partial charge < -0.3 is 10.6 Å². The lowest BCUT2D eigenvalue weighted by Crippen LogP contribution is -2.12. The van der Waals surface area contributed by atoms with Crippen molar-refractivity contribution in [2.45, 2.75) is 40.0 Å². The number of nitrogens with one attached hydrogen (secondary N) is 2. The Balaban J connectivity index is 2.23. The summed E-state index contributed by atoms with van der Waals surface area (Å²) in [6.45, 7) is 5.93. The summed E-state index contributed by atoms with van der Waals surface area (Å²) in [5.41, 5.74) is 1.48. The van der Waals surface area contributed by atoms with Gasteiger partial charge in [0.1, 0.15) is 0 Å². The molecule has 0 aliphatic carbocycles. The molecule has 122 valence electrons. The summed E-state index contributed by atoms with van der Waals surface area (Å²) in [6.07, 6.45) is 2.65. The highest BCUT2D eigenvalue weighted by Crippen LogP contribution is 2.15. The summed E-state index contributed by atoms with van der Waals surface area (Å²) in [4.78, 5) is 22.8. The topological polar surface area (TPSA) is 58.2 Å². The first-order chi connectivity index (χ1) is 10.5. The van der Waals surface area contributed by atoms with E-state index in [1.54, 1.807) is 24.3 Å². The molecule has 4 nitrogen and oxygen atoms in total. The van der Waals surface area contributed by atoms with Crippen molar-refractivity contribution in [3.63, 3.8) is 0 Å². The van der Waals surface area contributed by atoms with Gasteiger partial charge in [0.25, 0.3) is 0 Å². The van der Waals surface area contributed by atoms with Crippen LogP contribution in [0.25, 0.3) is 0 Å². The zero-order valence-electron chi connectivity index (χ0n) is 13.6. The number of hydrogen-bond donors (Lipinski definition) is 2. The Hall–Kier alpha value is -1.49. The molecule has 0 saturated carbocycles. The summed E-state index contributed by atoms with van der Waals surface area (Å²) in [7, 11) is 0. The number of thioether (sulfide) groups is 1. The Bertz CT molecular complexity index is 474. The van der Waals surface area contributed by atoms with Crippen molar-refractivity contribution in [1.82, 2.24) is 0 Å². The highest BCUT2D eigenvalue weighted by Gasteiger charge is 2.04. The van der Waals surface area contributed by atoms with Crippen LogP contribution in [-0.4, -0.2) is 23.3 Å². The number of benzene rings is 1. The van der Waals surface area contributed by atoms with Crippen LogP contribution in [0.15, 0.2) is 24.3 Å². The van der Waals surface area contributed by atoms with Crippen molar-refractivity contribution in [1.29, 1.82) is 0 Å². The molecule has 22 heavy (non-hydrogen) atoms. The maximum Gasteiger partial charge on any atom is 0.224 e. The van der Waals surface area contributed by atoms with Crippen molar-refractivity contribution in [3.05, 3.63) is 24.3 Å². The molecule has 1 aromatic rings. The van der Waals surface area contributed by atoms with E-state index in [1.807, 2.05) is 11.8 Å². The van der Waals surface area contributed by atoms with E-state index in [0.29, 0.717) is 6.42 Å². The maximum absolute atomic E-state index is 11.8. The third kappa shape index (κ3) is 8.08. The molecule has 0 fully saturated rings. The fourth-order valence-electron chi connectivity index (χ4n) is 1.80. The Labute approximate surface area is 137 Å². The van der Waals surface area contributed by atoms with Gasteiger partial charge in [-0.15, -0.1) is 0 Å². The minimum Gasteiger partial charge on any atom is -0.326 e. The predicted octanol–water partition coefficient (Wildman–Crippen LogP) is 4.14. The molecule has 0 heterocycles.